The molecule has 0 saturated carbocycles. The van der Waals surface area contributed by atoms with E-state index in [0.29, 0.717) is 36.9 Å². The minimum atomic E-state index is -3.42. The van der Waals surface area contributed by atoms with Crippen LogP contribution in [-0.4, -0.2) is 62.8 Å². The molecular weight excluding hydrogens is 382 g/mol. The fraction of sp³-hybridized carbons (Fsp3) is 0.316. The van der Waals surface area contributed by atoms with Crippen molar-refractivity contribution in [2.75, 3.05) is 44.2 Å². The maximum absolute atomic E-state index is 12.8. The fourth-order valence-electron chi connectivity index (χ4n) is 3.03. The Morgan fingerprint density at radius 2 is 1.81 bits per heavy atom. The Bertz CT molecular complexity index is 859. The first-order chi connectivity index (χ1) is 13.0. The molecule has 0 unspecified atom stereocenters. The zero-order chi connectivity index (χ0) is 19.3. The molecule has 1 aliphatic heterocycles. The Morgan fingerprint density at radius 1 is 1.11 bits per heavy atom. The van der Waals surface area contributed by atoms with Gasteiger partial charge in [-0.15, -0.1) is 17.9 Å². The molecule has 1 saturated heterocycles. The monoisotopic (exact) mass is 405 g/mol. The van der Waals surface area contributed by atoms with Gasteiger partial charge in [0.1, 0.15) is 4.21 Å². The van der Waals surface area contributed by atoms with E-state index in [9.17, 15) is 13.2 Å². The van der Waals surface area contributed by atoms with Crippen LogP contribution in [0.4, 0.5) is 5.69 Å². The Balaban J connectivity index is 1.60. The number of anilines is 1. The molecule has 0 atom stereocenters. The number of benzene rings is 1. The largest absolute Gasteiger partial charge is 0.308 e. The van der Waals surface area contributed by atoms with Crippen molar-refractivity contribution in [2.24, 2.45) is 0 Å². The quantitative estimate of drug-likeness (QED) is 0.663. The molecule has 0 aliphatic carbocycles. The lowest BCUT2D eigenvalue weighted by Gasteiger charge is -2.34. The Kier molecular flexibility index (Phi) is 6.43. The molecule has 8 heteroatoms. The molecule has 0 radical (unpaired) electrons. The molecule has 144 valence electrons. The van der Waals surface area contributed by atoms with Gasteiger partial charge >= 0.3 is 0 Å². The number of nitrogens with zero attached hydrogens (tertiary/aromatic N) is 3. The summed E-state index contributed by atoms with van der Waals surface area (Å²) in [4.78, 5) is 16.5. The third kappa shape index (κ3) is 4.65. The second-order valence-corrected chi connectivity index (χ2v) is 9.35. The lowest BCUT2D eigenvalue weighted by atomic mass is 10.2. The summed E-state index contributed by atoms with van der Waals surface area (Å²) in [6.07, 6.45) is 1.70. The summed E-state index contributed by atoms with van der Waals surface area (Å²) in [6.45, 7) is 6.28. The second kappa shape index (κ2) is 8.79. The van der Waals surface area contributed by atoms with Gasteiger partial charge < -0.3 is 4.90 Å². The summed E-state index contributed by atoms with van der Waals surface area (Å²) in [6, 6.07) is 12.9. The molecule has 0 N–H and O–H groups in total. The average molecular weight is 406 g/mol. The van der Waals surface area contributed by atoms with Gasteiger partial charge in [-0.05, 0) is 23.6 Å². The Labute approximate surface area is 164 Å². The van der Waals surface area contributed by atoms with Crippen LogP contribution in [0, 0.1) is 0 Å². The predicted octanol–water partition coefficient (Wildman–Crippen LogP) is 2.27. The van der Waals surface area contributed by atoms with Crippen molar-refractivity contribution in [3.8, 4) is 0 Å². The Hall–Kier alpha value is -2.00. The third-order valence-corrected chi connectivity index (χ3v) is 7.73. The van der Waals surface area contributed by atoms with Crippen LogP contribution in [0.3, 0.4) is 0 Å². The van der Waals surface area contributed by atoms with Gasteiger partial charge in [0.05, 0.1) is 6.54 Å². The van der Waals surface area contributed by atoms with Gasteiger partial charge in [0.15, 0.2) is 0 Å². The predicted molar refractivity (Wildman–Crippen MR) is 109 cm³/mol. The van der Waals surface area contributed by atoms with Crippen molar-refractivity contribution in [3.05, 3.63) is 60.5 Å². The number of para-hydroxylation sites is 1. The lowest BCUT2D eigenvalue weighted by molar-refractivity contribution is -0.119. The van der Waals surface area contributed by atoms with E-state index >= 15 is 0 Å². The van der Waals surface area contributed by atoms with Gasteiger partial charge in [-0.1, -0.05) is 30.3 Å². The lowest BCUT2D eigenvalue weighted by Crippen LogP contribution is -2.51. The van der Waals surface area contributed by atoms with Gasteiger partial charge in [0.25, 0.3) is 10.0 Å². The maximum atomic E-state index is 12.8. The van der Waals surface area contributed by atoms with Crippen LogP contribution in [0.2, 0.25) is 0 Å². The van der Waals surface area contributed by atoms with Gasteiger partial charge in [-0.3, -0.25) is 9.69 Å². The highest BCUT2D eigenvalue weighted by Crippen LogP contribution is 2.22. The van der Waals surface area contributed by atoms with E-state index in [1.807, 2.05) is 35.2 Å². The smallest absolute Gasteiger partial charge is 0.252 e. The molecule has 27 heavy (non-hydrogen) atoms. The van der Waals surface area contributed by atoms with E-state index in [1.54, 1.807) is 28.5 Å². The molecule has 1 amide bonds. The number of carbonyl (C=O) groups is 1. The standard InChI is InChI=1S/C19H23N3O3S2/c1-2-10-22(17-7-4-3-5-8-17)18(23)16-20-11-13-21(14-12-20)27(24,25)19-9-6-15-26-19/h2-9,15H,1,10-14,16H2. The molecule has 2 aromatic rings. The molecule has 3 rings (SSSR count). The van der Waals surface area contributed by atoms with Crippen LogP contribution in [-0.2, 0) is 14.8 Å². The molecule has 1 fully saturated rings. The number of piperazine rings is 1. The highest BCUT2D eigenvalue weighted by molar-refractivity contribution is 7.91. The van der Waals surface area contributed by atoms with Crippen LogP contribution in [0.15, 0.2) is 64.7 Å². The summed E-state index contributed by atoms with van der Waals surface area (Å²) < 4.78 is 27.0. The van der Waals surface area contributed by atoms with Crippen LogP contribution in [0.25, 0.3) is 0 Å². The van der Waals surface area contributed by atoms with Crippen molar-refractivity contribution in [3.63, 3.8) is 0 Å². The highest BCUT2D eigenvalue weighted by atomic mass is 32.2. The molecule has 0 bridgehead atoms. The summed E-state index contributed by atoms with van der Waals surface area (Å²) in [7, 11) is -3.42. The number of amides is 1. The van der Waals surface area contributed by atoms with Gasteiger partial charge in [-0.25, -0.2) is 8.42 Å². The van der Waals surface area contributed by atoms with E-state index in [2.05, 4.69) is 6.58 Å². The van der Waals surface area contributed by atoms with E-state index < -0.39 is 10.0 Å². The zero-order valence-electron chi connectivity index (χ0n) is 15.0. The highest BCUT2D eigenvalue weighted by Gasteiger charge is 2.30. The van der Waals surface area contributed by atoms with Gasteiger partial charge in [0.2, 0.25) is 5.91 Å². The van der Waals surface area contributed by atoms with Crippen LogP contribution >= 0.6 is 11.3 Å². The van der Waals surface area contributed by atoms with E-state index in [4.69, 9.17) is 0 Å². The molecule has 2 heterocycles. The van der Waals surface area contributed by atoms with Crippen molar-refractivity contribution in [1.29, 1.82) is 0 Å². The van der Waals surface area contributed by atoms with Crippen LogP contribution in [0.5, 0.6) is 0 Å². The SMILES string of the molecule is C=CCN(C(=O)CN1CCN(S(=O)(=O)c2cccs2)CC1)c1ccccc1. The van der Waals surface area contributed by atoms with Crippen molar-refractivity contribution in [1.82, 2.24) is 9.21 Å². The third-order valence-electron chi connectivity index (χ3n) is 4.46. The molecule has 1 aromatic heterocycles. The number of sulfonamides is 1. The summed E-state index contributed by atoms with van der Waals surface area (Å²) >= 11 is 1.23. The summed E-state index contributed by atoms with van der Waals surface area (Å²) in [5, 5.41) is 1.76. The normalized spacial score (nSPS) is 16.1. The van der Waals surface area contributed by atoms with E-state index in [-0.39, 0.29) is 12.5 Å². The molecule has 0 spiro atoms. The number of thiophene rings is 1. The number of hydrogen-bond donors (Lipinski definition) is 0. The molecule has 6 nitrogen and oxygen atoms in total. The van der Waals surface area contributed by atoms with Crippen molar-refractivity contribution < 1.29 is 13.2 Å². The number of hydrogen-bond acceptors (Lipinski definition) is 5. The molecular formula is C19H23N3O3S2. The molecule has 1 aliphatic rings. The minimum absolute atomic E-state index is 0.0179. The zero-order valence-corrected chi connectivity index (χ0v) is 16.7. The van der Waals surface area contributed by atoms with Gasteiger partial charge in [0, 0.05) is 38.4 Å². The van der Waals surface area contributed by atoms with Crippen LogP contribution < -0.4 is 4.90 Å². The van der Waals surface area contributed by atoms with E-state index in [0.717, 1.165) is 5.69 Å². The van der Waals surface area contributed by atoms with Crippen molar-refractivity contribution in [2.45, 2.75) is 4.21 Å². The maximum Gasteiger partial charge on any atom is 0.252 e. The van der Waals surface area contributed by atoms with Gasteiger partial charge in [-0.2, -0.15) is 4.31 Å². The number of carbonyl (C=O) groups excluding carboxylic acids is 1. The molecule has 1 aromatic carbocycles. The minimum Gasteiger partial charge on any atom is -0.308 e. The first-order valence-corrected chi connectivity index (χ1v) is 11.1. The Morgan fingerprint density at radius 3 is 2.41 bits per heavy atom. The average Bonchev–Trinajstić information content (AvgIpc) is 3.23. The topological polar surface area (TPSA) is 60.9 Å². The van der Waals surface area contributed by atoms with Crippen molar-refractivity contribution >= 4 is 33.0 Å². The first kappa shape index (κ1) is 19.8. The van der Waals surface area contributed by atoms with E-state index in [1.165, 1.54) is 15.6 Å². The number of rotatable bonds is 7. The van der Waals surface area contributed by atoms with Crippen LogP contribution in [0.1, 0.15) is 0 Å². The second-order valence-electron chi connectivity index (χ2n) is 6.24. The summed E-state index contributed by atoms with van der Waals surface area (Å²) in [5.74, 6) is -0.0179. The summed E-state index contributed by atoms with van der Waals surface area (Å²) in [5.41, 5.74) is 0.835. The first-order valence-electron chi connectivity index (χ1n) is 8.74. The fourth-order valence-corrected chi connectivity index (χ4v) is 5.60.